The van der Waals surface area contributed by atoms with Crippen molar-refractivity contribution in [2.45, 2.75) is 134 Å². The lowest BCUT2D eigenvalue weighted by molar-refractivity contribution is -0.130. The molecule has 3 amide bonds. The Labute approximate surface area is 289 Å². The number of nitrogens with two attached hydrogens (primary N) is 5. The first-order chi connectivity index (χ1) is 23.1. The Kier molecular flexibility index (Phi) is 24.1. The summed E-state index contributed by atoms with van der Waals surface area (Å²) in [4.78, 5) is 40.0. The normalized spacial score (nSPS) is 19.1. The number of carbonyl (C=O) groups is 3. The highest BCUT2D eigenvalue weighted by Crippen LogP contribution is 2.22. The van der Waals surface area contributed by atoms with Crippen LogP contribution in [0.5, 0.6) is 0 Å². The number of ether oxygens (including phenoxy) is 1. The molecule has 0 saturated carbocycles. The molecule has 278 valence electrons. The molecule has 0 aromatic heterocycles. The van der Waals surface area contributed by atoms with Gasteiger partial charge in [-0.25, -0.2) is 0 Å². The van der Waals surface area contributed by atoms with E-state index < -0.39 is 18.1 Å². The molecule has 0 spiro atoms. The molecule has 0 aromatic carbocycles. The van der Waals surface area contributed by atoms with E-state index in [1.807, 2.05) is 13.0 Å². The lowest BCUT2D eigenvalue weighted by Crippen LogP contribution is -2.56. The smallest absolute Gasteiger partial charge is 0.242 e. The number of rotatable bonds is 28. The van der Waals surface area contributed by atoms with E-state index in [0.29, 0.717) is 71.4 Å². The number of unbranched alkanes of at least 4 members (excludes halogenated alkanes) is 4. The number of nitrogens with one attached hydrogen (secondary N) is 4. The van der Waals surface area contributed by atoms with Crippen molar-refractivity contribution in [3.63, 3.8) is 0 Å². The maximum Gasteiger partial charge on any atom is 0.242 e. The summed E-state index contributed by atoms with van der Waals surface area (Å²) in [5.74, 6) is -0.482. The van der Waals surface area contributed by atoms with Crippen LogP contribution in [0.4, 0.5) is 0 Å². The predicted octanol–water partition coefficient (Wildman–Crippen LogP) is 0.800. The first-order valence-corrected chi connectivity index (χ1v) is 18.2. The Morgan fingerprint density at radius 3 is 1.88 bits per heavy atom. The molecule has 1 aliphatic rings. The number of amides is 3. The molecule has 13 heteroatoms. The van der Waals surface area contributed by atoms with Crippen molar-refractivity contribution < 1.29 is 19.1 Å². The maximum absolute atomic E-state index is 13.6. The molecule has 7 atom stereocenters. The van der Waals surface area contributed by atoms with Crippen LogP contribution < -0.4 is 49.9 Å². The second-order valence-corrected chi connectivity index (χ2v) is 13.3. The van der Waals surface area contributed by atoms with Crippen LogP contribution in [0.15, 0.2) is 23.8 Å². The molecular weight excluding hydrogens is 610 g/mol. The van der Waals surface area contributed by atoms with E-state index in [-0.39, 0.29) is 41.8 Å². The zero-order valence-electron chi connectivity index (χ0n) is 30.0. The summed E-state index contributed by atoms with van der Waals surface area (Å²) >= 11 is 0. The molecule has 0 radical (unpaired) electrons. The fraction of sp³-hybridized carbons (Fsp3) is 0.800. The first-order valence-electron chi connectivity index (χ1n) is 18.2. The third kappa shape index (κ3) is 18.4. The fourth-order valence-electron chi connectivity index (χ4n) is 5.75. The van der Waals surface area contributed by atoms with Crippen LogP contribution in [0.25, 0.3) is 0 Å². The van der Waals surface area contributed by atoms with Crippen LogP contribution in [0.1, 0.15) is 97.8 Å². The van der Waals surface area contributed by atoms with Gasteiger partial charge in [-0.3, -0.25) is 14.4 Å². The molecule has 0 aromatic rings. The van der Waals surface area contributed by atoms with Gasteiger partial charge in [0.05, 0.1) is 24.8 Å². The summed E-state index contributed by atoms with van der Waals surface area (Å²) in [7, 11) is 0. The molecule has 7 unspecified atom stereocenters. The summed E-state index contributed by atoms with van der Waals surface area (Å²) in [6.45, 7) is 9.02. The van der Waals surface area contributed by atoms with Crippen LogP contribution in [0.3, 0.4) is 0 Å². The molecule has 1 rings (SSSR count). The van der Waals surface area contributed by atoms with Crippen molar-refractivity contribution >= 4 is 17.7 Å². The summed E-state index contributed by atoms with van der Waals surface area (Å²) in [5, 5.41) is 12.5. The van der Waals surface area contributed by atoms with Crippen LogP contribution in [0, 0.1) is 5.92 Å². The van der Waals surface area contributed by atoms with E-state index in [4.69, 9.17) is 33.4 Å². The number of allylic oxidation sites excluding steroid dienone is 2. The third-order valence-electron chi connectivity index (χ3n) is 8.73. The van der Waals surface area contributed by atoms with E-state index in [0.717, 1.165) is 44.9 Å². The van der Waals surface area contributed by atoms with E-state index in [1.54, 1.807) is 0 Å². The molecule has 0 aliphatic heterocycles. The van der Waals surface area contributed by atoms with Gasteiger partial charge in [0.2, 0.25) is 17.7 Å². The quantitative estimate of drug-likeness (QED) is 0.0527. The lowest BCUT2D eigenvalue weighted by atomic mass is 9.93. The third-order valence-corrected chi connectivity index (χ3v) is 8.73. The SMILES string of the molecule is CC1=CC=CC(C)C1OCC(C)NC(=O)C(CCCCN)NCC(CCCCN)NC(=O)C(CCCCN)NC(=O)C(N)CCCCN. The topological polar surface area (TPSA) is 239 Å². The molecule has 14 N–H and O–H groups in total. The molecule has 13 nitrogen and oxygen atoms in total. The number of carbonyl (C=O) groups excluding carboxylic acids is 3. The van der Waals surface area contributed by atoms with Crippen molar-refractivity contribution in [1.82, 2.24) is 21.3 Å². The van der Waals surface area contributed by atoms with Gasteiger partial charge in [-0.2, -0.15) is 0 Å². The molecule has 1 aliphatic carbocycles. The Bertz CT molecular complexity index is 964. The molecule has 0 saturated heterocycles. The first kappa shape index (κ1) is 43.6. The molecule has 48 heavy (non-hydrogen) atoms. The highest BCUT2D eigenvalue weighted by atomic mass is 16.5. The Balaban J connectivity index is 2.93. The minimum absolute atomic E-state index is 0.0125. The standard InChI is InChI=1S/C35H69N9O4/c1-25-13-12-14-26(2)32(25)48-24-27(3)42-34(46)30(17-6-10-21-38)41-23-28(15-4-8-19-36)43-35(47)31(18-7-11-22-39)44-33(45)29(40)16-5-9-20-37/h12-14,25,27-32,41H,4-11,15-24,36-40H2,1-3H3,(H,42,46)(H,43,47)(H,44,45). The molecule has 0 fully saturated rings. The van der Waals surface area contributed by atoms with Gasteiger partial charge in [-0.1, -0.05) is 44.4 Å². The maximum atomic E-state index is 13.6. The lowest BCUT2D eigenvalue weighted by Gasteiger charge is -2.29. The Morgan fingerprint density at radius 1 is 0.750 bits per heavy atom. The van der Waals surface area contributed by atoms with Gasteiger partial charge in [0.1, 0.15) is 6.04 Å². The van der Waals surface area contributed by atoms with Gasteiger partial charge < -0.3 is 54.7 Å². The van der Waals surface area contributed by atoms with Gasteiger partial charge in [0, 0.05) is 24.5 Å². The highest BCUT2D eigenvalue weighted by Gasteiger charge is 2.27. The van der Waals surface area contributed by atoms with Crippen LogP contribution >= 0.6 is 0 Å². The predicted molar refractivity (Wildman–Crippen MR) is 195 cm³/mol. The zero-order chi connectivity index (χ0) is 35.7. The van der Waals surface area contributed by atoms with Crippen molar-refractivity contribution in [3.8, 4) is 0 Å². The highest BCUT2D eigenvalue weighted by molar-refractivity contribution is 5.89. The van der Waals surface area contributed by atoms with Crippen LogP contribution in [-0.2, 0) is 19.1 Å². The Hall–Kier alpha value is -2.39. The average Bonchev–Trinajstić information content (AvgIpc) is 3.05. The summed E-state index contributed by atoms with van der Waals surface area (Å²) in [6.07, 6.45) is 14.6. The van der Waals surface area contributed by atoms with Crippen molar-refractivity contribution in [2.24, 2.45) is 34.6 Å². The summed E-state index contributed by atoms with van der Waals surface area (Å²) < 4.78 is 6.19. The van der Waals surface area contributed by atoms with Crippen molar-refractivity contribution in [3.05, 3.63) is 23.8 Å². The van der Waals surface area contributed by atoms with Crippen molar-refractivity contribution in [2.75, 3.05) is 39.3 Å². The van der Waals surface area contributed by atoms with Gasteiger partial charge in [0.25, 0.3) is 0 Å². The average molecular weight is 680 g/mol. The molecule has 0 bridgehead atoms. The van der Waals surface area contributed by atoms with E-state index in [2.05, 4.69) is 47.3 Å². The van der Waals surface area contributed by atoms with E-state index in [9.17, 15) is 14.4 Å². The monoisotopic (exact) mass is 680 g/mol. The van der Waals surface area contributed by atoms with Gasteiger partial charge in [0.15, 0.2) is 0 Å². The van der Waals surface area contributed by atoms with Crippen LogP contribution in [-0.4, -0.2) is 93.4 Å². The number of hydrogen-bond acceptors (Lipinski definition) is 10. The van der Waals surface area contributed by atoms with Gasteiger partial charge >= 0.3 is 0 Å². The molecular formula is C35H69N9O4. The second kappa shape index (κ2) is 26.5. The summed E-state index contributed by atoms with van der Waals surface area (Å²) in [6, 6.07) is -2.41. The van der Waals surface area contributed by atoms with Crippen LogP contribution in [0.2, 0.25) is 0 Å². The molecule has 0 heterocycles. The number of hydrogen-bond donors (Lipinski definition) is 9. The largest absolute Gasteiger partial charge is 0.371 e. The Morgan fingerprint density at radius 2 is 1.29 bits per heavy atom. The van der Waals surface area contributed by atoms with E-state index >= 15 is 0 Å². The fourth-order valence-corrected chi connectivity index (χ4v) is 5.75. The van der Waals surface area contributed by atoms with Crippen molar-refractivity contribution in [1.29, 1.82) is 0 Å². The summed E-state index contributed by atoms with van der Waals surface area (Å²) in [5.41, 5.74) is 30.1. The van der Waals surface area contributed by atoms with Gasteiger partial charge in [-0.05, 0) is 103 Å². The zero-order valence-corrected chi connectivity index (χ0v) is 30.0. The second-order valence-electron chi connectivity index (χ2n) is 13.3. The van der Waals surface area contributed by atoms with Gasteiger partial charge in [-0.15, -0.1) is 0 Å². The minimum Gasteiger partial charge on any atom is -0.371 e. The van der Waals surface area contributed by atoms with E-state index in [1.165, 1.54) is 5.57 Å². The minimum atomic E-state index is -0.744.